The Bertz CT molecular complexity index is 446. The molecule has 1 aromatic rings. The maximum atomic E-state index is 11.5. The third-order valence-corrected chi connectivity index (χ3v) is 2.52. The van der Waals surface area contributed by atoms with Crippen molar-refractivity contribution in [2.24, 2.45) is 0 Å². The van der Waals surface area contributed by atoms with Gasteiger partial charge in [-0.3, -0.25) is 9.59 Å². The van der Waals surface area contributed by atoms with Gasteiger partial charge in [0.1, 0.15) is 6.61 Å². The second kappa shape index (κ2) is 7.53. The smallest absolute Gasteiger partial charge is 0.246 e. The van der Waals surface area contributed by atoms with Crippen LogP contribution in [0.4, 0.5) is 5.69 Å². The van der Waals surface area contributed by atoms with E-state index in [0.29, 0.717) is 6.61 Å². The predicted octanol–water partition coefficient (Wildman–Crippen LogP) is 1.86. The van der Waals surface area contributed by atoms with Crippen LogP contribution in [-0.2, 0) is 14.3 Å². The van der Waals surface area contributed by atoms with Crippen molar-refractivity contribution < 1.29 is 14.3 Å². The summed E-state index contributed by atoms with van der Waals surface area (Å²) in [7, 11) is 0. The third kappa shape index (κ3) is 5.52. The SMILES string of the molecule is CCOCC(=O)NC(C)c1cccc(NC(C)=O)c1. The van der Waals surface area contributed by atoms with Gasteiger partial charge in [-0.25, -0.2) is 0 Å². The van der Waals surface area contributed by atoms with E-state index in [1.807, 2.05) is 32.0 Å². The van der Waals surface area contributed by atoms with Crippen molar-refractivity contribution in [3.63, 3.8) is 0 Å². The van der Waals surface area contributed by atoms with E-state index in [0.717, 1.165) is 11.3 Å². The maximum Gasteiger partial charge on any atom is 0.246 e. The summed E-state index contributed by atoms with van der Waals surface area (Å²) in [5.74, 6) is -0.274. The highest BCUT2D eigenvalue weighted by atomic mass is 16.5. The first-order valence-electron chi connectivity index (χ1n) is 6.27. The summed E-state index contributed by atoms with van der Waals surface area (Å²) in [5.41, 5.74) is 1.65. The Hall–Kier alpha value is -1.88. The third-order valence-electron chi connectivity index (χ3n) is 2.52. The Morgan fingerprint density at radius 2 is 2.11 bits per heavy atom. The van der Waals surface area contributed by atoms with Crippen LogP contribution in [0, 0.1) is 0 Å². The summed E-state index contributed by atoms with van der Waals surface area (Å²) in [6.07, 6.45) is 0. The van der Waals surface area contributed by atoms with Crippen LogP contribution in [0.5, 0.6) is 0 Å². The summed E-state index contributed by atoms with van der Waals surface area (Å²) < 4.78 is 5.04. The van der Waals surface area contributed by atoms with Gasteiger partial charge in [0.2, 0.25) is 11.8 Å². The average Bonchev–Trinajstić information content (AvgIpc) is 2.35. The minimum atomic E-state index is -0.153. The van der Waals surface area contributed by atoms with Gasteiger partial charge in [-0.2, -0.15) is 0 Å². The van der Waals surface area contributed by atoms with E-state index >= 15 is 0 Å². The van der Waals surface area contributed by atoms with Crippen molar-refractivity contribution in [2.45, 2.75) is 26.8 Å². The lowest BCUT2D eigenvalue weighted by Crippen LogP contribution is -2.30. The molecule has 2 N–H and O–H groups in total. The molecular formula is C14H20N2O3. The maximum absolute atomic E-state index is 11.5. The number of nitrogens with one attached hydrogen (secondary N) is 2. The van der Waals surface area contributed by atoms with Gasteiger partial charge in [-0.15, -0.1) is 0 Å². The van der Waals surface area contributed by atoms with Gasteiger partial charge in [0, 0.05) is 19.2 Å². The fourth-order valence-electron chi connectivity index (χ4n) is 1.65. The minimum absolute atomic E-state index is 0.0617. The van der Waals surface area contributed by atoms with E-state index in [4.69, 9.17) is 4.74 Å². The highest BCUT2D eigenvalue weighted by molar-refractivity contribution is 5.88. The molecule has 1 rings (SSSR count). The molecule has 0 radical (unpaired) electrons. The lowest BCUT2D eigenvalue weighted by molar-refractivity contribution is -0.126. The quantitative estimate of drug-likeness (QED) is 0.824. The van der Waals surface area contributed by atoms with E-state index in [9.17, 15) is 9.59 Å². The predicted molar refractivity (Wildman–Crippen MR) is 73.8 cm³/mol. The van der Waals surface area contributed by atoms with Gasteiger partial charge < -0.3 is 15.4 Å². The first-order valence-corrected chi connectivity index (χ1v) is 6.27. The molecule has 1 atom stereocenters. The summed E-state index contributed by atoms with van der Waals surface area (Å²) in [6, 6.07) is 7.25. The number of carbonyl (C=O) groups is 2. The molecule has 19 heavy (non-hydrogen) atoms. The summed E-state index contributed by atoms with van der Waals surface area (Å²) in [4.78, 5) is 22.5. The Morgan fingerprint density at radius 3 is 2.74 bits per heavy atom. The second-order valence-corrected chi connectivity index (χ2v) is 4.23. The first-order chi connectivity index (χ1) is 9.02. The molecule has 0 saturated heterocycles. The molecule has 104 valence electrons. The normalized spacial score (nSPS) is 11.7. The topological polar surface area (TPSA) is 67.4 Å². The fourth-order valence-corrected chi connectivity index (χ4v) is 1.65. The monoisotopic (exact) mass is 264 g/mol. The number of carbonyl (C=O) groups excluding carboxylic acids is 2. The van der Waals surface area contributed by atoms with Gasteiger partial charge in [-0.1, -0.05) is 12.1 Å². The van der Waals surface area contributed by atoms with Crippen LogP contribution in [0.15, 0.2) is 24.3 Å². The molecule has 0 heterocycles. The van der Waals surface area contributed by atoms with E-state index in [2.05, 4.69) is 10.6 Å². The lowest BCUT2D eigenvalue weighted by Gasteiger charge is -2.15. The van der Waals surface area contributed by atoms with Gasteiger partial charge in [0.25, 0.3) is 0 Å². The Balaban J connectivity index is 2.63. The summed E-state index contributed by atoms with van der Waals surface area (Å²) in [6.45, 7) is 5.76. The molecule has 5 heteroatoms. The molecular weight excluding hydrogens is 244 g/mol. The second-order valence-electron chi connectivity index (χ2n) is 4.23. The zero-order chi connectivity index (χ0) is 14.3. The Morgan fingerprint density at radius 1 is 1.37 bits per heavy atom. The van der Waals surface area contributed by atoms with E-state index < -0.39 is 0 Å². The summed E-state index contributed by atoms with van der Waals surface area (Å²) >= 11 is 0. The van der Waals surface area contributed by atoms with Crippen molar-refractivity contribution in [1.29, 1.82) is 0 Å². The zero-order valence-electron chi connectivity index (χ0n) is 11.5. The Kier molecular flexibility index (Phi) is 6.02. The molecule has 1 aromatic carbocycles. The molecule has 0 aromatic heterocycles. The molecule has 2 amide bonds. The highest BCUT2D eigenvalue weighted by Crippen LogP contribution is 2.17. The molecule has 0 aliphatic heterocycles. The van der Waals surface area contributed by atoms with E-state index in [1.165, 1.54) is 6.92 Å². The van der Waals surface area contributed by atoms with Crippen LogP contribution in [0.1, 0.15) is 32.4 Å². The largest absolute Gasteiger partial charge is 0.372 e. The number of hydrogen-bond donors (Lipinski definition) is 2. The zero-order valence-corrected chi connectivity index (χ0v) is 11.5. The van der Waals surface area contributed by atoms with Gasteiger partial charge in [0.05, 0.1) is 6.04 Å². The minimum Gasteiger partial charge on any atom is -0.372 e. The van der Waals surface area contributed by atoms with Crippen molar-refractivity contribution in [1.82, 2.24) is 5.32 Å². The van der Waals surface area contributed by atoms with E-state index in [1.54, 1.807) is 6.07 Å². The molecule has 0 saturated carbocycles. The molecule has 5 nitrogen and oxygen atoms in total. The Labute approximate surface area is 113 Å². The number of hydrogen-bond acceptors (Lipinski definition) is 3. The summed E-state index contributed by atoms with van der Waals surface area (Å²) in [5, 5.41) is 5.55. The standard InChI is InChI=1S/C14H20N2O3/c1-4-19-9-14(18)15-10(2)12-6-5-7-13(8-12)16-11(3)17/h5-8,10H,4,9H2,1-3H3,(H,15,18)(H,16,17). The van der Waals surface area contributed by atoms with Crippen molar-refractivity contribution >= 4 is 17.5 Å². The van der Waals surface area contributed by atoms with Crippen molar-refractivity contribution in [2.75, 3.05) is 18.5 Å². The lowest BCUT2D eigenvalue weighted by atomic mass is 10.1. The first kappa shape index (κ1) is 15.2. The van der Waals surface area contributed by atoms with Crippen molar-refractivity contribution in [3.8, 4) is 0 Å². The van der Waals surface area contributed by atoms with Gasteiger partial charge in [-0.05, 0) is 31.5 Å². The van der Waals surface area contributed by atoms with Gasteiger partial charge in [0.15, 0.2) is 0 Å². The molecule has 1 unspecified atom stereocenters. The number of amides is 2. The van der Waals surface area contributed by atoms with Crippen LogP contribution in [0.25, 0.3) is 0 Å². The number of anilines is 1. The fraction of sp³-hybridized carbons (Fsp3) is 0.429. The number of benzene rings is 1. The molecule has 0 fully saturated rings. The van der Waals surface area contributed by atoms with Crippen LogP contribution in [0.3, 0.4) is 0 Å². The number of rotatable bonds is 6. The number of ether oxygens (including phenoxy) is 1. The van der Waals surface area contributed by atoms with Gasteiger partial charge >= 0.3 is 0 Å². The molecule has 0 bridgehead atoms. The van der Waals surface area contributed by atoms with Crippen LogP contribution in [0.2, 0.25) is 0 Å². The molecule has 0 aliphatic carbocycles. The average molecular weight is 264 g/mol. The molecule has 0 aliphatic rings. The highest BCUT2D eigenvalue weighted by Gasteiger charge is 2.10. The molecule has 0 spiro atoms. The van der Waals surface area contributed by atoms with Crippen LogP contribution in [-0.4, -0.2) is 25.0 Å². The van der Waals surface area contributed by atoms with Crippen LogP contribution < -0.4 is 10.6 Å². The van der Waals surface area contributed by atoms with Crippen molar-refractivity contribution in [3.05, 3.63) is 29.8 Å². The van der Waals surface area contributed by atoms with E-state index in [-0.39, 0.29) is 24.5 Å². The van der Waals surface area contributed by atoms with Crippen LogP contribution >= 0.6 is 0 Å².